The highest BCUT2D eigenvalue weighted by atomic mass is 32.2. The summed E-state index contributed by atoms with van der Waals surface area (Å²) in [6, 6.07) is 0. The molecule has 0 aromatic rings. The van der Waals surface area contributed by atoms with E-state index >= 15 is 0 Å². The Bertz CT molecular complexity index is 220. The van der Waals surface area contributed by atoms with Crippen molar-refractivity contribution in [2.45, 2.75) is 43.0 Å². The molecule has 2 rings (SSSR count). The van der Waals surface area contributed by atoms with Crippen LogP contribution in [0.2, 0.25) is 0 Å². The summed E-state index contributed by atoms with van der Waals surface area (Å²) in [5, 5.41) is 3.57. The molecule has 1 fully saturated rings. The van der Waals surface area contributed by atoms with Crippen LogP contribution in [-0.2, 0) is 4.74 Å². The predicted octanol–water partition coefficient (Wildman–Crippen LogP) is 2.55. The SMILES string of the molecule is CSC1(CNCC2CCC=CO2)CCC1. The normalized spacial score (nSPS) is 28.2. The van der Waals surface area contributed by atoms with E-state index in [1.807, 2.05) is 18.0 Å². The average Bonchev–Trinajstić information content (AvgIpc) is 2.24. The fourth-order valence-electron chi connectivity index (χ4n) is 2.22. The zero-order valence-electron chi connectivity index (χ0n) is 9.50. The fraction of sp³-hybridized carbons (Fsp3) is 0.833. The Morgan fingerprint density at radius 3 is 2.93 bits per heavy atom. The molecule has 0 aromatic carbocycles. The van der Waals surface area contributed by atoms with Crippen molar-refractivity contribution in [1.82, 2.24) is 5.32 Å². The first-order chi connectivity index (χ1) is 7.35. The van der Waals surface area contributed by atoms with Crippen LogP contribution in [0.4, 0.5) is 0 Å². The van der Waals surface area contributed by atoms with Crippen LogP contribution in [0.25, 0.3) is 0 Å². The van der Waals surface area contributed by atoms with Gasteiger partial charge in [0.05, 0.1) is 6.26 Å². The van der Waals surface area contributed by atoms with Crippen molar-refractivity contribution in [1.29, 1.82) is 0 Å². The summed E-state index contributed by atoms with van der Waals surface area (Å²) in [6.07, 6.45) is 13.1. The lowest BCUT2D eigenvalue weighted by Gasteiger charge is -2.41. The number of thioether (sulfide) groups is 1. The van der Waals surface area contributed by atoms with Gasteiger partial charge < -0.3 is 10.1 Å². The number of nitrogens with one attached hydrogen (secondary N) is 1. The molecule has 0 radical (unpaired) electrons. The van der Waals surface area contributed by atoms with E-state index < -0.39 is 0 Å². The lowest BCUT2D eigenvalue weighted by molar-refractivity contribution is 0.120. The van der Waals surface area contributed by atoms with Gasteiger partial charge in [0.1, 0.15) is 6.10 Å². The number of hydrogen-bond acceptors (Lipinski definition) is 3. The van der Waals surface area contributed by atoms with Gasteiger partial charge in [-0.3, -0.25) is 0 Å². The van der Waals surface area contributed by atoms with E-state index in [0.29, 0.717) is 10.9 Å². The zero-order valence-corrected chi connectivity index (χ0v) is 10.3. The molecule has 1 unspecified atom stereocenters. The van der Waals surface area contributed by atoms with E-state index in [0.717, 1.165) is 19.5 Å². The number of ether oxygens (including phenoxy) is 1. The summed E-state index contributed by atoms with van der Waals surface area (Å²) >= 11 is 2.03. The monoisotopic (exact) mass is 227 g/mol. The summed E-state index contributed by atoms with van der Waals surface area (Å²) in [7, 11) is 0. The van der Waals surface area contributed by atoms with E-state index in [9.17, 15) is 0 Å². The van der Waals surface area contributed by atoms with E-state index in [2.05, 4.69) is 17.6 Å². The predicted molar refractivity (Wildman–Crippen MR) is 66.2 cm³/mol. The molecular weight excluding hydrogens is 206 g/mol. The van der Waals surface area contributed by atoms with Gasteiger partial charge in [0.2, 0.25) is 0 Å². The van der Waals surface area contributed by atoms with Crippen molar-refractivity contribution in [3.63, 3.8) is 0 Å². The molecule has 15 heavy (non-hydrogen) atoms. The van der Waals surface area contributed by atoms with Gasteiger partial charge in [0.15, 0.2) is 0 Å². The van der Waals surface area contributed by atoms with Crippen LogP contribution in [0.1, 0.15) is 32.1 Å². The maximum absolute atomic E-state index is 5.53. The van der Waals surface area contributed by atoms with Crippen molar-refractivity contribution in [2.75, 3.05) is 19.3 Å². The number of allylic oxidation sites excluding steroid dienone is 1. The second-order valence-electron chi connectivity index (χ2n) is 4.58. The second kappa shape index (κ2) is 5.26. The molecule has 1 atom stereocenters. The van der Waals surface area contributed by atoms with E-state index in [4.69, 9.17) is 4.74 Å². The van der Waals surface area contributed by atoms with Crippen molar-refractivity contribution in [2.24, 2.45) is 0 Å². The zero-order chi connectivity index (χ0) is 10.6. The Labute approximate surface area is 96.8 Å². The first-order valence-corrected chi connectivity index (χ1v) is 7.13. The molecule has 2 aliphatic rings. The summed E-state index contributed by atoms with van der Waals surface area (Å²) < 4.78 is 6.07. The van der Waals surface area contributed by atoms with Crippen LogP contribution in [0, 0.1) is 0 Å². The third kappa shape index (κ3) is 2.91. The van der Waals surface area contributed by atoms with Gasteiger partial charge in [-0.1, -0.05) is 6.42 Å². The Morgan fingerprint density at radius 1 is 1.53 bits per heavy atom. The number of hydrogen-bond donors (Lipinski definition) is 1. The molecule has 0 bridgehead atoms. The van der Waals surface area contributed by atoms with Crippen molar-refractivity contribution in [3.8, 4) is 0 Å². The molecule has 0 spiro atoms. The molecule has 0 saturated heterocycles. The molecule has 1 saturated carbocycles. The van der Waals surface area contributed by atoms with Crippen LogP contribution in [0.5, 0.6) is 0 Å². The third-order valence-electron chi connectivity index (χ3n) is 3.54. The summed E-state index contributed by atoms with van der Waals surface area (Å²) in [6.45, 7) is 2.16. The first kappa shape index (κ1) is 11.3. The molecule has 1 heterocycles. The van der Waals surface area contributed by atoms with Gasteiger partial charge in [-0.2, -0.15) is 11.8 Å². The quantitative estimate of drug-likeness (QED) is 0.780. The van der Waals surface area contributed by atoms with Crippen LogP contribution in [0.15, 0.2) is 12.3 Å². The largest absolute Gasteiger partial charge is 0.497 e. The highest BCUT2D eigenvalue weighted by Gasteiger charge is 2.35. The maximum atomic E-state index is 5.53. The smallest absolute Gasteiger partial charge is 0.110 e. The summed E-state index contributed by atoms with van der Waals surface area (Å²) in [5.74, 6) is 0. The molecule has 0 aromatic heterocycles. The minimum Gasteiger partial charge on any atom is -0.497 e. The summed E-state index contributed by atoms with van der Waals surface area (Å²) in [5.41, 5.74) is 0. The topological polar surface area (TPSA) is 21.3 Å². The summed E-state index contributed by atoms with van der Waals surface area (Å²) in [4.78, 5) is 0. The average molecular weight is 227 g/mol. The van der Waals surface area contributed by atoms with Crippen molar-refractivity contribution < 1.29 is 4.74 Å². The molecule has 1 aliphatic heterocycles. The number of rotatable bonds is 5. The Hall–Kier alpha value is -0.150. The Kier molecular flexibility index (Phi) is 3.98. The van der Waals surface area contributed by atoms with E-state index in [-0.39, 0.29) is 0 Å². The Balaban J connectivity index is 1.63. The third-order valence-corrected chi connectivity index (χ3v) is 4.96. The van der Waals surface area contributed by atoms with Gasteiger partial charge in [-0.15, -0.1) is 0 Å². The minimum absolute atomic E-state index is 0.397. The van der Waals surface area contributed by atoms with Crippen molar-refractivity contribution in [3.05, 3.63) is 12.3 Å². The first-order valence-electron chi connectivity index (χ1n) is 5.91. The van der Waals surface area contributed by atoms with Gasteiger partial charge in [0, 0.05) is 17.8 Å². The molecule has 1 N–H and O–H groups in total. The van der Waals surface area contributed by atoms with Gasteiger partial charge in [-0.05, 0) is 38.0 Å². The lowest BCUT2D eigenvalue weighted by atomic mass is 9.84. The highest BCUT2D eigenvalue weighted by Crippen LogP contribution is 2.42. The van der Waals surface area contributed by atoms with Crippen LogP contribution >= 0.6 is 11.8 Å². The fourth-order valence-corrected chi connectivity index (χ4v) is 3.16. The second-order valence-corrected chi connectivity index (χ2v) is 5.85. The Morgan fingerprint density at radius 2 is 2.40 bits per heavy atom. The van der Waals surface area contributed by atoms with Crippen LogP contribution in [0.3, 0.4) is 0 Å². The molecule has 3 heteroatoms. The van der Waals surface area contributed by atoms with E-state index in [1.54, 1.807) is 0 Å². The lowest BCUT2D eigenvalue weighted by Crippen LogP contribution is -2.45. The minimum atomic E-state index is 0.397. The molecule has 86 valence electrons. The maximum Gasteiger partial charge on any atom is 0.110 e. The van der Waals surface area contributed by atoms with Gasteiger partial charge >= 0.3 is 0 Å². The standard InChI is InChI=1S/C12H21NOS/c1-15-12(6-4-7-12)10-13-9-11-5-2-3-8-14-11/h3,8,11,13H,2,4-7,9-10H2,1H3. The van der Waals surface area contributed by atoms with Crippen molar-refractivity contribution >= 4 is 11.8 Å². The van der Waals surface area contributed by atoms with E-state index in [1.165, 1.54) is 25.7 Å². The van der Waals surface area contributed by atoms with Crippen LogP contribution in [-0.4, -0.2) is 30.2 Å². The highest BCUT2D eigenvalue weighted by molar-refractivity contribution is 8.00. The molecule has 1 aliphatic carbocycles. The molecular formula is C12H21NOS. The molecule has 2 nitrogen and oxygen atoms in total. The van der Waals surface area contributed by atoms with Gasteiger partial charge in [0.25, 0.3) is 0 Å². The van der Waals surface area contributed by atoms with Gasteiger partial charge in [-0.25, -0.2) is 0 Å². The van der Waals surface area contributed by atoms with Crippen LogP contribution < -0.4 is 5.32 Å². The molecule has 0 amide bonds.